The number of oxime groups is 1. The molecule has 1 rings (SSSR count). The lowest BCUT2D eigenvalue weighted by atomic mass is 10.1. The average Bonchev–Trinajstić information content (AvgIpc) is 2.46. The van der Waals surface area contributed by atoms with Crippen LogP contribution >= 0.6 is 0 Å². The van der Waals surface area contributed by atoms with Crippen LogP contribution in [0.2, 0.25) is 0 Å². The molecule has 0 heterocycles. The van der Waals surface area contributed by atoms with Crippen molar-refractivity contribution in [1.29, 1.82) is 0 Å². The van der Waals surface area contributed by atoms with Crippen LogP contribution in [0.25, 0.3) is 0 Å². The second-order valence-electron chi connectivity index (χ2n) is 4.29. The standard InChI is InChI=1S/C14H23N3O2/c1-2-9-19-10-5-8-16-11-12-6-3-4-7-13(12)14(15)17-18/h3-4,6-7,16,18H,2,5,8-11H2,1H3,(H2,15,17). The van der Waals surface area contributed by atoms with Crippen molar-refractivity contribution in [3.05, 3.63) is 35.4 Å². The van der Waals surface area contributed by atoms with E-state index in [1.807, 2.05) is 24.3 Å². The van der Waals surface area contributed by atoms with Gasteiger partial charge in [-0.25, -0.2) is 0 Å². The van der Waals surface area contributed by atoms with Crippen LogP contribution in [-0.4, -0.2) is 30.8 Å². The third kappa shape index (κ3) is 5.72. The van der Waals surface area contributed by atoms with E-state index in [0.29, 0.717) is 6.54 Å². The Morgan fingerprint density at radius 3 is 2.89 bits per heavy atom. The van der Waals surface area contributed by atoms with Gasteiger partial charge in [-0.2, -0.15) is 0 Å². The maximum absolute atomic E-state index is 8.73. The van der Waals surface area contributed by atoms with E-state index in [-0.39, 0.29) is 5.84 Å². The monoisotopic (exact) mass is 265 g/mol. The molecule has 5 nitrogen and oxygen atoms in total. The Bertz CT molecular complexity index is 394. The highest BCUT2D eigenvalue weighted by molar-refractivity contribution is 5.98. The minimum absolute atomic E-state index is 0.142. The van der Waals surface area contributed by atoms with Gasteiger partial charge in [-0.05, 0) is 24.9 Å². The van der Waals surface area contributed by atoms with Gasteiger partial charge in [0, 0.05) is 25.3 Å². The fourth-order valence-electron chi connectivity index (χ4n) is 1.75. The highest BCUT2D eigenvalue weighted by Crippen LogP contribution is 2.08. The summed E-state index contributed by atoms with van der Waals surface area (Å²) in [7, 11) is 0. The summed E-state index contributed by atoms with van der Waals surface area (Å²) in [5.74, 6) is 0.142. The molecule has 0 aliphatic rings. The molecule has 0 unspecified atom stereocenters. The molecule has 0 aliphatic heterocycles. The molecule has 0 aromatic heterocycles. The zero-order valence-corrected chi connectivity index (χ0v) is 11.4. The molecule has 0 atom stereocenters. The van der Waals surface area contributed by atoms with Crippen LogP contribution in [-0.2, 0) is 11.3 Å². The number of amidine groups is 1. The van der Waals surface area contributed by atoms with Crippen LogP contribution in [0.3, 0.4) is 0 Å². The molecule has 0 fully saturated rings. The molecule has 0 bridgehead atoms. The summed E-state index contributed by atoms with van der Waals surface area (Å²) in [6, 6.07) is 7.62. The van der Waals surface area contributed by atoms with Crippen LogP contribution in [0.1, 0.15) is 30.9 Å². The molecular formula is C14H23N3O2. The first-order valence-corrected chi connectivity index (χ1v) is 6.63. The van der Waals surface area contributed by atoms with Crippen LogP contribution in [0, 0.1) is 0 Å². The molecule has 0 saturated heterocycles. The van der Waals surface area contributed by atoms with Gasteiger partial charge in [0.2, 0.25) is 0 Å². The minimum Gasteiger partial charge on any atom is -0.409 e. The number of nitrogens with one attached hydrogen (secondary N) is 1. The van der Waals surface area contributed by atoms with E-state index in [1.165, 1.54) is 0 Å². The zero-order valence-electron chi connectivity index (χ0n) is 11.4. The summed E-state index contributed by atoms with van der Waals surface area (Å²) in [4.78, 5) is 0. The first kappa shape index (κ1) is 15.5. The summed E-state index contributed by atoms with van der Waals surface area (Å²) in [5, 5.41) is 15.1. The molecule has 106 valence electrons. The normalized spacial score (nSPS) is 11.7. The molecule has 0 spiro atoms. The predicted octanol–water partition coefficient (Wildman–Crippen LogP) is 1.69. The summed E-state index contributed by atoms with van der Waals surface area (Å²) in [5.41, 5.74) is 7.42. The molecule has 0 saturated carbocycles. The van der Waals surface area contributed by atoms with E-state index < -0.39 is 0 Å². The Labute approximate surface area is 114 Å². The first-order valence-electron chi connectivity index (χ1n) is 6.63. The van der Waals surface area contributed by atoms with Crippen LogP contribution in [0.5, 0.6) is 0 Å². The number of rotatable bonds is 9. The molecule has 1 aromatic rings. The van der Waals surface area contributed by atoms with Gasteiger partial charge in [-0.1, -0.05) is 36.3 Å². The van der Waals surface area contributed by atoms with Crippen LogP contribution < -0.4 is 11.1 Å². The lowest BCUT2D eigenvalue weighted by molar-refractivity contribution is 0.132. The summed E-state index contributed by atoms with van der Waals surface area (Å²) >= 11 is 0. The third-order valence-electron chi connectivity index (χ3n) is 2.71. The minimum atomic E-state index is 0.142. The summed E-state index contributed by atoms with van der Waals surface area (Å²) < 4.78 is 5.40. The van der Waals surface area contributed by atoms with Gasteiger partial charge in [0.1, 0.15) is 0 Å². The number of hydrogen-bond donors (Lipinski definition) is 3. The summed E-state index contributed by atoms with van der Waals surface area (Å²) in [6.07, 6.45) is 2.03. The second-order valence-corrected chi connectivity index (χ2v) is 4.29. The molecule has 4 N–H and O–H groups in total. The van der Waals surface area contributed by atoms with Gasteiger partial charge in [0.05, 0.1) is 0 Å². The van der Waals surface area contributed by atoms with Gasteiger partial charge in [-0.3, -0.25) is 0 Å². The maximum Gasteiger partial charge on any atom is 0.170 e. The number of benzene rings is 1. The number of nitrogens with zero attached hydrogens (tertiary/aromatic N) is 1. The van der Waals surface area contributed by atoms with Gasteiger partial charge in [0.25, 0.3) is 0 Å². The molecule has 0 aliphatic carbocycles. The van der Waals surface area contributed by atoms with Crippen LogP contribution in [0.4, 0.5) is 0 Å². The van der Waals surface area contributed by atoms with Gasteiger partial charge in [-0.15, -0.1) is 0 Å². The molecular weight excluding hydrogens is 242 g/mol. The van der Waals surface area contributed by atoms with E-state index in [2.05, 4.69) is 17.4 Å². The maximum atomic E-state index is 8.73. The van der Waals surface area contributed by atoms with Crippen LogP contribution in [0.15, 0.2) is 29.4 Å². The Morgan fingerprint density at radius 2 is 2.16 bits per heavy atom. The smallest absolute Gasteiger partial charge is 0.170 e. The van der Waals surface area contributed by atoms with Crippen molar-refractivity contribution in [3.63, 3.8) is 0 Å². The largest absolute Gasteiger partial charge is 0.409 e. The van der Waals surface area contributed by atoms with Gasteiger partial charge < -0.3 is 21.0 Å². The lowest BCUT2D eigenvalue weighted by Gasteiger charge is -2.09. The Balaban J connectivity index is 2.33. The zero-order chi connectivity index (χ0) is 13.9. The van der Waals surface area contributed by atoms with E-state index in [0.717, 1.165) is 43.7 Å². The topological polar surface area (TPSA) is 79.9 Å². The van der Waals surface area contributed by atoms with E-state index in [4.69, 9.17) is 15.7 Å². The molecule has 1 aromatic carbocycles. The lowest BCUT2D eigenvalue weighted by Crippen LogP contribution is -2.21. The third-order valence-corrected chi connectivity index (χ3v) is 2.71. The number of ether oxygens (including phenoxy) is 1. The Hall–Kier alpha value is -1.59. The van der Waals surface area contributed by atoms with Crippen molar-refractivity contribution in [2.75, 3.05) is 19.8 Å². The van der Waals surface area contributed by atoms with E-state index >= 15 is 0 Å². The Morgan fingerprint density at radius 1 is 1.37 bits per heavy atom. The summed E-state index contributed by atoms with van der Waals surface area (Å²) in [6.45, 7) is 5.28. The Kier molecular flexibility index (Phi) is 7.62. The number of nitrogens with two attached hydrogens (primary N) is 1. The fraction of sp³-hybridized carbons (Fsp3) is 0.500. The highest BCUT2D eigenvalue weighted by atomic mass is 16.5. The quantitative estimate of drug-likeness (QED) is 0.209. The van der Waals surface area contributed by atoms with Gasteiger partial charge in [0.15, 0.2) is 5.84 Å². The van der Waals surface area contributed by atoms with Crippen molar-refractivity contribution in [2.45, 2.75) is 26.3 Å². The van der Waals surface area contributed by atoms with Crippen molar-refractivity contribution in [3.8, 4) is 0 Å². The van der Waals surface area contributed by atoms with Crippen molar-refractivity contribution >= 4 is 5.84 Å². The van der Waals surface area contributed by atoms with Crippen molar-refractivity contribution in [1.82, 2.24) is 5.32 Å². The second kappa shape index (κ2) is 9.35. The van der Waals surface area contributed by atoms with Crippen molar-refractivity contribution < 1.29 is 9.94 Å². The molecule has 19 heavy (non-hydrogen) atoms. The van der Waals surface area contributed by atoms with Gasteiger partial charge >= 0.3 is 0 Å². The number of hydrogen-bond acceptors (Lipinski definition) is 4. The first-order chi connectivity index (χ1) is 9.29. The predicted molar refractivity (Wildman–Crippen MR) is 76.4 cm³/mol. The van der Waals surface area contributed by atoms with E-state index in [1.54, 1.807) is 0 Å². The fourth-order valence-corrected chi connectivity index (χ4v) is 1.75. The van der Waals surface area contributed by atoms with E-state index in [9.17, 15) is 0 Å². The molecule has 0 amide bonds. The van der Waals surface area contributed by atoms with Crippen molar-refractivity contribution in [2.24, 2.45) is 10.9 Å². The SMILES string of the molecule is CCCOCCCNCc1ccccc1/C(N)=N/O. The highest BCUT2D eigenvalue weighted by Gasteiger charge is 2.05. The molecule has 5 heteroatoms. The average molecular weight is 265 g/mol. The molecule has 0 radical (unpaired) electrons.